The van der Waals surface area contributed by atoms with Gasteiger partial charge in [0, 0.05) is 23.3 Å². The molecule has 0 radical (unpaired) electrons. The largest absolute Gasteiger partial charge is 0.507 e. The molecule has 98 valence electrons. The number of carbonyl (C=O) groups excluding carboxylic acids is 2. The van der Waals surface area contributed by atoms with E-state index in [4.69, 9.17) is 0 Å². The zero-order valence-electron chi connectivity index (χ0n) is 10.2. The summed E-state index contributed by atoms with van der Waals surface area (Å²) in [6, 6.07) is 7.33. The highest BCUT2D eigenvalue weighted by molar-refractivity contribution is 6.12. The van der Waals surface area contributed by atoms with Crippen LogP contribution in [0.25, 0.3) is 10.8 Å². The fourth-order valence-electron chi connectivity index (χ4n) is 1.85. The van der Waals surface area contributed by atoms with E-state index in [0.717, 1.165) is 0 Å². The Morgan fingerprint density at radius 3 is 2.47 bits per heavy atom. The molecule has 2 rings (SSSR count). The van der Waals surface area contributed by atoms with Crippen LogP contribution in [-0.4, -0.2) is 28.6 Å². The summed E-state index contributed by atoms with van der Waals surface area (Å²) in [6.45, 7) is 0.809. The molecule has 0 saturated carbocycles. The fourth-order valence-corrected chi connectivity index (χ4v) is 1.85. The minimum atomic E-state index is -0.555. The van der Waals surface area contributed by atoms with Gasteiger partial charge in [-0.15, -0.1) is 0 Å². The van der Waals surface area contributed by atoms with Crippen LogP contribution in [0, 0.1) is 0 Å². The van der Waals surface area contributed by atoms with Crippen LogP contribution in [0.5, 0.6) is 11.5 Å². The first-order chi connectivity index (χ1) is 9.00. The van der Waals surface area contributed by atoms with Crippen molar-refractivity contribution in [1.82, 2.24) is 0 Å². The van der Waals surface area contributed by atoms with Gasteiger partial charge in [-0.2, -0.15) is 0 Å². The number of aromatic hydroxyl groups is 2. The van der Waals surface area contributed by atoms with Crippen molar-refractivity contribution in [2.24, 2.45) is 0 Å². The Balaban J connectivity index is 2.52. The van der Waals surface area contributed by atoms with E-state index in [1.807, 2.05) is 0 Å². The van der Waals surface area contributed by atoms with Crippen molar-refractivity contribution in [3.8, 4) is 11.5 Å². The lowest BCUT2D eigenvalue weighted by molar-refractivity contribution is -0.139. The summed E-state index contributed by atoms with van der Waals surface area (Å²) in [7, 11) is 0. The maximum Gasteiger partial charge on any atom is 0.303 e. The Labute approximate surface area is 109 Å². The standard InChI is InChI=1S/C14H12O5/c1-8(15)19-7-13(18)10-4-2-3-9-11(16)5-6-12(17)14(9)10/h2-6,16-17H,7H2,1H3. The van der Waals surface area contributed by atoms with E-state index < -0.39 is 18.4 Å². The number of esters is 1. The third-order valence-electron chi connectivity index (χ3n) is 2.70. The van der Waals surface area contributed by atoms with Gasteiger partial charge in [-0.3, -0.25) is 9.59 Å². The third-order valence-corrected chi connectivity index (χ3v) is 2.70. The second-order valence-electron chi connectivity index (χ2n) is 4.04. The lowest BCUT2D eigenvalue weighted by atomic mass is 10.00. The van der Waals surface area contributed by atoms with Gasteiger partial charge in [-0.25, -0.2) is 0 Å². The van der Waals surface area contributed by atoms with Gasteiger partial charge in [-0.1, -0.05) is 18.2 Å². The van der Waals surface area contributed by atoms with Crippen LogP contribution in [0.3, 0.4) is 0 Å². The van der Waals surface area contributed by atoms with Crippen molar-refractivity contribution < 1.29 is 24.5 Å². The molecule has 0 unspecified atom stereocenters. The van der Waals surface area contributed by atoms with Gasteiger partial charge in [-0.05, 0) is 12.1 Å². The van der Waals surface area contributed by atoms with Crippen LogP contribution < -0.4 is 0 Å². The monoisotopic (exact) mass is 260 g/mol. The summed E-state index contributed by atoms with van der Waals surface area (Å²) in [4.78, 5) is 22.7. The average molecular weight is 260 g/mol. The first-order valence-electron chi connectivity index (χ1n) is 5.61. The van der Waals surface area contributed by atoms with Crippen LogP contribution in [0.2, 0.25) is 0 Å². The minimum absolute atomic E-state index is 0.0325. The number of hydrogen-bond acceptors (Lipinski definition) is 5. The highest BCUT2D eigenvalue weighted by Gasteiger charge is 2.15. The SMILES string of the molecule is CC(=O)OCC(=O)c1cccc2c(O)ccc(O)c12. The molecule has 5 nitrogen and oxygen atoms in total. The molecule has 0 aliphatic carbocycles. The second-order valence-corrected chi connectivity index (χ2v) is 4.04. The van der Waals surface area contributed by atoms with E-state index in [0.29, 0.717) is 5.39 Å². The Bertz CT molecular complexity index is 660. The van der Waals surface area contributed by atoms with E-state index in [1.165, 1.54) is 25.1 Å². The third kappa shape index (κ3) is 2.49. The number of rotatable bonds is 3. The predicted molar refractivity (Wildman–Crippen MR) is 68.2 cm³/mol. The van der Waals surface area contributed by atoms with Crippen molar-refractivity contribution in [2.75, 3.05) is 6.61 Å². The van der Waals surface area contributed by atoms with Gasteiger partial charge in [0.2, 0.25) is 5.78 Å². The number of ether oxygens (including phenoxy) is 1. The molecule has 2 aromatic rings. The number of phenolic OH excluding ortho intramolecular Hbond substituents is 2. The van der Waals surface area contributed by atoms with Crippen LogP contribution in [0.1, 0.15) is 17.3 Å². The smallest absolute Gasteiger partial charge is 0.303 e. The van der Waals surface area contributed by atoms with Gasteiger partial charge < -0.3 is 14.9 Å². The summed E-state index contributed by atoms with van der Waals surface area (Å²) in [5, 5.41) is 20.2. The molecule has 0 atom stereocenters. The molecule has 0 spiro atoms. The van der Waals surface area contributed by atoms with E-state index in [9.17, 15) is 19.8 Å². The summed E-state index contributed by atoms with van der Waals surface area (Å²) < 4.78 is 4.64. The summed E-state index contributed by atoms with van der Waals surface area (Å²) >= 11 is 0. The van der Waals surface area contributed by atoms with Crippen LogP contribution in [0.15, 0.2) is 30.3 Å². The van der Waals surface area contributed by atoms with Crippen molar-refractivity contribution in [3.63, 3.8) is 0 Å². The van der Waals surface area contributed by atoms with Gasteiger partial charge in [0.25, 0.3) is 0 Å². The first kappa shape index (κ1) is 12.9. The Morgan fingerprint density at radius 1 is 1.11 bits per heavy atom. The van der Waals surface area contributed by atoms with Crippen LogP contribution >= 0.6 is 0 Å². The van der Waals surface area contributed by atoms with E-state index in [2.05, 4.69) is 4.74 Å². The maximum absolute atomic E-state index is 12.0. The average Bonchev–Trinajstić information content (AvgIpc) is 2.39. The summed E-state index contributed by atoms with van der Waals surface area (Å²) in [5.41, 5.74) is 0.201. The van der Waals surface area contributed by atoms with E-state index in [1.54, 1.807) is 12.1 Å². The second kappa shape index (κ2) is 4.97. The number of carbonyl (C=O) groups is 2. The zero-order chi connectivity index (χ0) is 14.0. The lowest BCUT2D eigenvalue weighted by Gasteiger charge is -2.09. The molecule has 0 aliphatic rings. The van der Waals surface area contributed by atoms with E-state index in [-0.39, 0.29) is 22.4 Å². The van der Waals surface area contributed by atoms with Gasteiger partial charge in [0.15, 0.2) is 6.61 Å². The quantitative estimate of drug-likeness (QED) is 0.501. The lowest BCUT2D eigenvalue weighted by Crippen LogP contribution is -2.12. The molecule has 2 N–H and O–H groups in total. The maximum atomic E-state index is 12.0. The molecular weight excluding hydrogens is 248 g/mol. The topological polar surface area (TPSA) is 83.8 Å². The van der Waals surface area contributed by atoms with Crippen molar-refractivity contribution in [2.45, 2.75) is 6.92 Å². The fraction of sp³-hybridized carbons (Fsp3) is 0.143. The number of hydrogen-bond donors (Lipinski definition) is 2. The molecule has 19 heavy (non-hydrogen) atoms. The summed E-state index contributed by atoms with van der Waals surface area (Å²) in [5.74, 6) is -1.14. The number of phenols is 2. The molecule has 0 fully saturated rings. The molecule has 2 aromatic carbocycles. The minimum Gasteiger partial charge on any atom is -0.507 e. The normalized spacial score (nSPS) is 10.4. The number of Topliss-reactive ketones (excluding diaryl/α,β-unsaturated/α-hetero) is 1. The van der Waals surface area contributed by atoms with Crippen LogP contribution in [0.4, 0.5) is 0 Å². The molecule has 5 heteroatoms. The van der Waals surface area contributed by atoms with E-state index >= 15 is 0 Å². The molecule has 0 heterocycles. The Morgan fingerprint density at radius 2 is 1.79 bits per heavy atom. The van der Waals surface area contributed by atoms with Crippen LogP contribution in [-0.2, 0) is 9.53 Å². The highest BCUT2D eigenvalue weighted by atomic mass is 16.5. The van der Waals surface area contributed by atoms with Crippen molar-refractivity contribution in [1.29, 1.82) is 0 Å². The molecule has 0 aliphatic heterocycles. The van der Waals surface area contributed by atoms with Gasteiger partial charge >= 0.3 is 5.97 Å². The first-order valence-corrected chi connectivity index (χ1v) is 5.61. The molecule has 0 amide bonds. The van der Waals surface area contributed by atoms with Gasteiger partial charge in [0.1, 0.15) is 11.5 Å². The van der Waals surface area contributed by atoms with Crippen molar-refractivity contribution in [3.05, 3.63) is 35.9 Å². The number of benzene rings is 2. The molecular formula is C14H12O5. The predicted octanol–water partition coefficient (Wildman–Crippen LogP) is 2.00. The number of fused-ring (bicyclic) bond motifs is 1. The zero-order valence-corrected chi connectivity index (χ0v) is 10.2. The Hall–Kier alpha value is -2.56. The summed E-state index contributed by atoms with van der Waals surface area (Å²) in [6.07, 6.45) is 0. The number of ketones is 1. The molecule has 0 aromatic heterocycles. The Kier molecular flexibility index (Phi) is 3.37. The highest BCUT2D eigenvalue weighted by Crippen LogP contribution is 2.34. The molecule has 0 saturated heterocycles. The van der Waals surface area contributed by atoms with Crippen molar-refractivity contribution >= 4 is 22.5 Å². The molecule has 0 bridgehead atoms. The van der Waals surface area contributed by atoms with Gasteiger partial charge in [0.05, 0.1) is 0 Å².